The quantitative estimate of drug-likeness (QED) is 0.826. The Bertz CT molecular complexity index is 774. The zero-order chi connectivity index (χ0) is 19.4. The molecule has 1 aliphatic rings. The molecule has 144 valence electrons. The number of ether oxygens (including phenoxy) is 2. The molecule has 1 aliphatic heterocycles. The number of rotatable bonds is 5. The number of hydrogen-bond acceptors (Lipinski definition) is 3. The average Bonchev–Trinajstić information content (AvgIpc) is 2.62. The first-order chi connectivity index (χ1) is 13.0. The number of methoxy groups -OCH3 is 1. The lowest BCUT2D eigenvalue weighted by Gasteiger charge is -2.36. The second-order valence-electron chi connectivity index (χ2n) is 7.01. The van der Waals surface area contributed by atoms with Crippen LogP contribution in [0, 0.1) is 0 Å². The van der Waals surface area contributed by atoms with Crippen molar-refractivity contribution in [1.82, 2.24) is 0 Å². The van der Waals surface area contributed by atoms with Crippen molar-refractivity contribution >= 4 is 23.2 Å². The zero-order valence-corrected chi connectivity index (χ0v) is 16.6. The Hall–Kier alpha value is -2.08. The van der Waals surface area contributed by atoms with Gasteiger partial charge in [-0.3, -0.25) is 4.79 Å². The second-order valence-corrected chi connectivity index (χ2v) is 7.41. The van der Waals surface area contributed by atoms with Crippen LogP contribution in [0.2, 0.25) is 5.02 Å². The Balaban J connectivity index is 1.86. The zero-order valence-electron chi connectivity index (χ0n) is 15.9. The first-order valence-electron chi connectivity index (χ1n) is 9.17. The van der Waals surface area contributed by atoms with Crippen LogP contribution in [0.3, 0.4) is 0 Å². The Morgan fingerprint density at radius 1 is 1.19 bits per heavy atom. The van der Waals surface area contributed by atoms with E-state index in [1.807, 2.05) is 30.3 Å². The maximum atomic E-state index is 13.2. The van der Waals surface area contributed by atoms with Crippen molar-refractivity contribution in [3.8, 4) is 5.75 Å². The summed E-state index contributed by atoms with van der Waals surface area (Å²) in [4.78, 5) is 14.4. The highest BCUT2D eigenvalue weighted by molar-refractivity contribution is 6.32. The highest BCUT2D eigenvalue weighted by Crippen LogP contribution is 2.27. The maximum absolute atomic E-state index is 13.2. The SMILES string of the molecule is COc1ccc(NC(=O)[C@H](c2ccccc2)[NH+]2C[C@@H](C)O[C@H](C)C2)cc1Cl. The smallest absolute Gasteiger partial charge is 0.287 e. The van der Waals surface area contributed by atoms with Crippen LogP contribution in [0.1, 0.15) is 25.5 Å². The summed E-state index contributed by atoms with van der Waals surface area (Å²) < 4.78 is 11.0. The summed E-state index contributed by atoms with van der Waals surface area (Å²) >= 11 is 6.20. The minimum atomic E-state index is -0.319. The van der Waals surface area contributed by atoms with Crippen molar-refractivity contribution in [3.63, 3.8) is 0 Å². The highest BCUT2D eigenvalue weighted by Gasteiger charge is 2.37. The number of halogens is 1. The molecule has 0 spiro atoms. The number of quaternary nitrogens is 1. The van der Waals surface area contributed by atoms with Gasteiger partial charge in [0.05, 0.1) is 12.1 Å². The van der Waals surface area contributed by atoms with Gasteiger partial charge in [-0.1, -0.05) is 41.9 Å². The fourth-order valence-corrected chi connectivity index (χ4v) is 3.98. The summed E-state index contributed by atoms with van der Waals surface area (Å²) in [5.74, 6) is 0.523. The van der Waals surface area contributed by atoms with Crippen molar-refractivity contribution in [2.75, 3.05) is 25.5 Å². The first kappa shape index (κ1) is 19.7. The molecular formula is C21H26ClN2O3+. The van der Waals surface area contributed by atoms with Gasteiger partial charge < -0.3 is 19.7 Å². The Labute approximate surface area is 165 Å². The van der Waals surface area contributed by atoms with Crippen molar-refractivity contribution < 1.29 is 19.2 Å². The third-order valence-corrected chi connectivity index (χ3v) is 5.08. The molecule has 2 aromatic rings. The van der Waals surface area contributed by atoms with Crippen LogP contribution in [0.4, 0.5) is 5.69 Å². The van der Waals surface area contributed by atoms with E-state index in [1.54, 1.807) is 25.3 Å². The molecule has 2 aromatic carbocycles. The molecule has 1 heterocycles. The van der Waals surface area contributed by atoms with Crippen LogP contribution in [0.15, 0.2) is 48.5 Å². The number of carbonyl (C=O) groups is 1. The van der Waals surface area contributed by atoms with E-state index in [0.29, 0.717) is 16.5 Å². The summed E-state index contributed by atoms with van der Waals surface area (Å²) in [6, 6.07) is 14.8. The summed E-state index contributed by atoms with van der Waals surface area (Å²) in [5, 5.41) is 3.48. The summed E-state index contributed by atoms with van der Waals surface area (Å²) in [6.07, 6.45) is 0.219. The molecule has 0 bridgehead atoms. The highest BCUT2D eigenvalue weighted by atomic mass is 35.5. The standard InChI is InChI=1S/C21H25ClN2O3/c1-14-12-24(13-15(2)27-14)20(16-7-5-4-6-8-16)21(25)23-17-9-10-19(26-3)18(22)11-17/h4-11,14-15,20H,12-13H2,1-3H3,(H,23,25)/p+1/t14-,15-,20+/m1/s1. The van der Waals surface area contributed by atoms with E-state index in [1.165, 1.54) is 4.90 Å². The van der Waals surface area contributed by atoms with Gasteiger partial charge in [0.2, 0.25) is 0 Å². The minimum absolute atomic E-state index is 0.0567. The van der Waals surface area contributed by atoms with Crippen molar-refractivity contribution in [3.05, 3.63) is 59.1 Å². The molecule has 0 unspecified atom stereocenters. The van der Waals surface area contributed by atoms with Crippen LogP contribution < -0.4 is 15.0 Å². The van der Waals surface area contributed by atoms with Gasteiger partial charge in [-0.05, 0) is 32.0 Å². The second kappa shape index (κ2) is 8.74. The van der Waals surface area contributed by atoms with Crippen LogP contribution in [0.25, 0.3) is 0 Å². The molecule has 1 saturated heterocycles. The summed E-state index contributed by atoms with van der Waals surface area (Å²) in [5.41, 5.74) is 1.64. The van der Waals surface area contributed by atoms with E-state index in [-0.39, 0.29) is 24.2 Å². The molecule has 1 amide bonds. The predicted molar refractivity (Wildman–Crippen MR) is 107 cm³/mol. The van der Waals surface area contributed by atoms with E-state index in [4.69, 9.17) is 21.1 Å². The molecule has 0 aliphatic carbocycles. The normalized spacial score (nSPS) is 23.5. The van der Waals surface area contributed by atoms with Crippen LogP contribution in [-0.2, 0) is 9.53 Å². The van der Waals surface area contributed by atoms with Crippen LogP contribution >= 0.6 is 11.6 Å². The molecule has 6 heteroatoms. The molecule has 5 nitrogen and oxygen atoms in total. The van der Waals surface area contributed by atoms with Gasteiger partial charge in [-0.25, -0.2) is 0 Å². The molecule has 0 aromatic heterocycles. The third-order valence-electron chi connectivity index (χ3n) is 4.79. The monoisotopic (exact) mass is 389 g/mol. The third kappa shape index (κ3) is 4.80. The van der Waals surface area contributed by atoms with E-state index in [9.17, 15) is 4.79 Å². The van der Waals surface area contributed by atoms with Crippen molar-refractivity contribution in [1.29, 1.82) is 0 Å². The fraction of sp³-hybridized carbons (Fsp3) is 0.381. The number of carbonyl (C=O) groups excluding carboxylic acids is 1. The lowest BCUT2D eigenvalue weighted by Crippen LogP contribution is -3.16. The van der Waals surface area contributed by atoms with Gasteiger partial charge in [0.1, 0.15) is 31.0 Å². The Morgan fingerprint density at radius 2 is 1.85 bits per heavy atom. The molecule has 1 fully saturated rings. The van der Waals surface area contributed by atoms with Gasteiger partial charge >= 0.3 is 0 Å². The van der Waals surface area contributed by atoms with E-state index < -0.39 is 0 Å². The lowest BCUT2D eigenvalue weighted by atomic mass is 10.0. The average molecular weight is 390 g/mol. The molecule has 0 radical (unpaired) electrons. The lowest BCUT2D eigenvalue weighted by molar-refractivity contribution is -0.936. The maximum Gasteiger partial charge on any atom is 0.287 e. The van der Waals surface area contributed by atoms with Gasteiger partial charge in [0.25, 0.3) is 5.91 Å². The van der Waals surface area contributed by atoms with Gasteiger partial charge in [0, 0.05) is 11.3 Å². The number of amides is 1. The van der Waals surface area contributed by atoms with Gasteiger partial charge in [-0.15, -0.1) is 0 Å². The summed E-state index contributed by atoms with van der Waals surface area (Å²) in [7, 11) is 1.56. The van der Waals surface area contributed by atoms with E-state index in [2.05, 4.69) is 19.2 Å². The Kier molecular flexibility index (Phi) is 6.37. The molecule has 2 N–H and O–H groups in total. The van der Waals surface area contributed by atoms with Crippen LogP contribution in [0.5, 0.6) is 5.75 Å². The van der Waals surface area contributed by atoms with Crippen LogP contribution in [-0.4, -0.2) is 38.3 Å². The fourth-order valence-electron chi connectivity index (χ4n) is 3.73. The number of nitrogens with one attached hydrogen (secondary N) is 2. The number of morpholine rings is 1. The molecule has 3 atom stereocenters. The largest absolute Gasteiger partial charge is 0.495 e. The van der Waals surface area contributed by atoms with Crippen molar-refractivity contribution in [2.24, 2.45) is 0 Å². The van der Waals surface area contributed by atoms with Gasteiger partial charge in [0.15, 0.2) is 6.04 Å². The molecular weight excluding hydrogens is 364 g/mol. The number of hydrogen-bond donors (Lipinski definition) is 2. The van der Waals surface area contributed by atoms with E-state index in [0.717, 1.165) is 18.7 Å². The van der Waals surface area contributed by atoms with E-state index >= 15 is 0 Å². The first-order valence-corrected chi connectivity index (χ1v) is 9.55. The predicted octanol–water partition coefficient (Wildman–Crippen LogP) is 2.72. The Morgan fingerprint density at radius 3 is 2.44 bits per heavy atom. The number of benzene rings is 2. The molecule has 0 saturated carbocycles. The molecule has 3 rings (SSSR count). The minimum Gasteiger partial charge on any atom is -0.495 e. The van der Waals surface area contributed by atoms with Crippen molar-refractivity contribution in [2.45, 2.75) is 32.1 Å². The molecule has 27 heavy (non-hydrogen) atoms. The topological polar surface area (TPSA) is 52.0 Å². The number of anilines is 1. The van der Waals surface area contributed by atoms with Gasteiger partial charge in [-0.2, -0.15) is 0 Å². The summed E-state index contributed by atoms with van der Waals surface area (Å²) in [6.45, 7) is 5.67.